The van der Waals surface area contributed by atoms with Crippen LogP contribution in [0.2, 0.25) is 5.82 Å². The lowest BCUT2D eigenvalue weighted by atomic mass is 9.70. The molecular weight excluding hydrogens is 350 g/mol. The van der Waals surface area contributed by atoms with Crippen molar-refractivity contribution in [2.24, 2.45) is 5.73 Å². The molecule has 7 heteroatoms. The summed E-state index contributed by atoms with van der Waals surface area (Å²) in [4.78, 5) is 12.1. The molecule has 0 bridgehead atoms. The number of hydrogen-bond acceptors (Lipinski definition) is 4. The van der Waals surface area contributed by atoms with E-state index in [9.17, 15) is 14.8 Å². The standard InChI is InChI=1S/C19H25BN2O3.ClH/c21-18(13-16-9-5-2-6-10-16)19(23)22-14-17(20(24)25)12-11-15-7-3-1-4-8-15;/h1-10,17-18,24-25H,11-14,21H2,(H,22,23);1H/t17-,18+;/m1./s1. The van der Waals surface area contributed by atoms with Gasteiger partial charge in [0.2, 0.25) is 5.91 Å². The first-order valence-corrected chi connectivity index (χ1v) is 8.53. The van der Waals surface area contributed by atoms with Crippen LogP contribution < -0.4 is 11.1 Å². The minimum absolute atomic E-state index is 0. The van der Waals surface area contributed by atoms with Gasteiger partial charge in [0.25, 0.3) is 0 Å². The molecule has 2 aromatic rings. The zero-order valence-corrected chi connectivity index (χ0v) is 15.4. The number of carbonyl (C=O) groups is 1. The minimum atomic E-state index is -1.48. The van der Waals surface area contributed by atoms with Gasteiger partial charge in [0, 0.05) is 12.4 Å². The summed E-state index contributed by atoms with van der Waals surface area (Å²) in [5, 5.41) is 21.8. The molecule has 0 saturated heterocycles. The predicted octanol–water partition coefficient (Wildman–Crippen LogP) is 1.57. The average Bonchev–Trinajstić information content (AvgIpc) is 2.62. The van der Waals surface area contributed by atoms with Crippen LogP contribution in [0.1, 0.15) is 17.5 Å². The zero-order valence-electron chi connectivity index (χ0n) is 14.6. The molecule has 0 unspecified atom stereocenters. The average molecular weight is 377 g/mol. The van der Waals surface area contributed by atoms with Crippen LogP contribution >= 0.6 is 12.4 Å². The molecule has 5 N–H and O–H groups in total. The lowest BCUT2D eigenvalue weighted by Crippen LogP contribution is -2.44. The second-order valence-electron chi connectivity index (χ2n) is 6.24. The van der Waals surface area contributed by atoms with Crippen LogP contribution in [0.5, 0.6) is 0 Å². The molecule has 2 rings (SSSR count). The van der Waals surface area contributed by atoms with Crippen LogP contribution in [0.4, 0.5) is 0 Å². The Morgan fingerprint density at radius 2 is 1.54 bits per heavy atom. The predicted molar refractivity (Wildman–Crippen MR) is 107 cm³/mol. The van der Waals surface area contributed by atoms with Crippen molar-refractivity contribution in [1.82, 2.24) is 5.32 Å². The van der Waals surface area contributed by atoms with Crippen molar-refractivity contribution in [2.75, 3.05) is 6.54 Å². The second kappa shape index (κ2) is 11.7. The van der Waals surface area contributed by atoms with Gasteiger partial charge >= 0.3 is 7.12 Å². The van der Waals surface area contributed by atoms with E-state index in [1.54, 1.807) is 0 Å². The summed E-state index contributed by atoms with van der Waals surface area (Å²) in [6.07, 6.45) is 1.73. The number of aryl methyl sites for hydroxylation is 1. The molecule has 2 aromatic carbocycles. The zero-order chi connectivity index (χ0) is 18.1. The number of amides is 1. The maximum absolute atomic E-state index is 12.1. The molecule has 0 aromatic heterocycles. The molecule has 0 fully saturated rings. The first kappa shape index (κ1) is 22.2. The molecule has 26 heavy (non-hydrogen) atoms. The highest BCUT2D eigenvalue weighted by Crippen LogP contribution is 2.16. The Kier molecular flexibility index (Phi) is 9.98. The van der Waals surface area contributed by atoms with Gasteiger partial charge < -0.3 is 21.1 Å². The lowest BCUT2D eigenvalue weighted by Gasteiger charge is -2.18. The summed E-state index contributed by atoms with van der Waals surface area (Å²) in [6, 6.07) is 18.7. The Morgan fingerprint density at radius 3 is 2.08 bits per heavy atom. The van der Waals surface area contributed by atoms with Crippen molar-refractivity contribution in [3.63, 3.8) is 0 Å². The first-order chi connectivity index (χ1) is 12.1. The topological polar surface area (TPSA) is 95.6 Å². The van der Waals surface area contributed by atoms with E-state index in [-0.39, 0.29) is 24.9 Å². The van der Waals surface area contributed by atoms with E-state index in [0.29, 0.717) is 12.8 Å². The second-order valence-corrected chi connectivity index (χ2v) is 6.24. The van der Waals surface area contributed by atoms with Crippen molar-refractivity contribution in [1.29, 1.82) is 0 Å². The number of nitrogens with one attached hydrogen (secondary N) is 1. The summed E-state index contributed by atoms with van der Waals surface area (Å²) in [7, 11) is -1.48. The third-order valence-corrected chi connectivity index (χ3v) is 4.24. The van der Waals surface area contributed by atoms with Crippen molar-refractivity contribution in [2.45, 2.75) is 31.1 Å². The van der Waals surface area contributed by atoms with Gasteiger partial charge in [-0.2, -0.15) is 0 Å². The molecule has 0 saturated carbocycles. The smallest absolute Gasteiger partial charge is 0.427 e. The monoisotopic (exact) mass is 376 g/mol. The molecule has 0 aliphatic carbocycles. The van der Waals surface area contributed by atoms with Crippen LogP contribution in [0.25, 0.3) is 0 Å². The molecule has 0 spiro atoms. The molecule has 1 amide bonds. The summed E-state index contributed by atoms with van der Waals surface area (Å²) in [5.41, 5.74) is 8.06. The normalized spacial score (nSPS) is 12.6. The number of carbonyl (C=O) groups excluding carboxylic acids is 1. The molecule has 0 aliphatic heterocycles. The summed E-state index contributed by atoms with van der Waals surface area (Å²) < 4.78 is 0. The number of halogens is 1. The largest absolute Gasteiger partial charge is 0.456 e. The summed E-state index contributed by atoms with van der Waals surface area (Å²) in [5.74, 6) is -0.720. The Balaban J connectivity index is 0.00000338. The van der Waals surface area contributed by atoms with Crippen LogP contribution in [0.15, 0.2) is 60.7 Å². The van der Waals surface area contributed by atoms with Crippen LogP contribution in [-0.2, 0) is 17.6 Å². The van der Waals surface area contributed by atoms with E-state index < -0.39 is 19.0 Å². The van der Waals surface area contributed by atoms with Crippen molar-refractivity contribution >= 4 is 25.4 Å². The van der Waals surface area contributed by atoms with Gasteiger partial charge in [0.1, 0.15) is 0 Å². The summed E-state index contributed by atoms with van der Waals surface area (Å²) in [6.45, 7) is 0.186. The minimum Gasteiger partial charge on any atom is -0.427 e. The van der Waals surface area contributed by atoms with E-state index in [4.69, 9.17) is 5.73 Å². The van der Waals surface area contributed by atoms with E-state index in [2.05, 4.69) is 5.32 Å². The molecule has 0 heterocycles. The van der Waals surface area contributed by atoms with Gasteiger partial charge in [-0.3, -0.25) is 4.79 Å². The SMILES string of the molecule is Cl.N[C@@H](Cc1ccccc1)C(=O)NC[C@@H](CCc1ccccc1)B(O)O. The van der Waals surface area contributed by atoms with Gasteiger partial charge in [0.15, 0.2) is 0 Å². The molecule has 0 radical (unpaired) electrons. The van der Waals surface area contributed by atoms with Crippen LogP contribution in [-0.4, -0.2) is 35.7 Å². The van der Waals surface area contributed by atoms with Crippen molar-refractivity contribution < 1.29 is 14.8 Å². The highest BCUT2D eigenvalue weighted by molar-refractivity contribution is 6.43. The van der Waals surface area contributed by atoms with Gasteiger partial charge in [-0.15, -0.1) is 12.4 Å². The van der Waals surface area contributed by atoms with Gasteiger partial charge in [0.05, 0.1) is 6.04 Å². The number of benzene rings is 2. The van der Waals surface area contributed by atoms with Crippen LogP contribution in [0.3, 0.4) is 0 Å². The van der Waals surface area contributed by atoms with E-state index >= 15 is 0 Å². The van der Waals surface area contributed by atoms with Crippen molar-refractivity contribution in [3.8, 4) is 0 Å². The number of rotatable bonds is 9. The van der Waals surface area contributed by atoms with Crippen molar-refractivity contribution in [3.05, 3.63) is 71.8 Å². The summed E-state index contributed by atoms with van der Waals surface area (Å²) >= 11 is 0. The van der Waals surface area contributed by atoms with E-state index in [0.717, 1.165) is 17.5 Å². The van der Waals surface area contributed by atoms with E-state index in [1.165, 1.54) is 0 Å². The fourth-order valence-corrected chi connectivity index (χ4v) is 2.68. The maximum atomic E-state index is 12.1. The van der Waals surface area contributed by atoms with E-state index in [1.807, 2.05) is 60.7 Å². The third-order valence-electron chi connectivity index (χ3n) is 4.24. The highest BCUT2D eigenvalue weighted by Gasteiger charge is 2.24. The van der Waals surface area contributed by atoms with Gasteiger partial charge in [-0.25, -0.2) is 0 Å². The fraction of sp³-hybridized carbons (Fsp3) is 0.316. The quantitative estimate of drug-likeness (QED) is 0.500. The molecule has 5 nitrogen and oxygen atoms in total. The Hall–Kier alpha value is -1.86. The number of hydrogen-bond donors (Lipinski definition) is 4. The van der Waals surface area contributed by atoms with Gasteiger partial charge in [-0.1, -0.05) is 60.7 Å². The fourth-order valence-electron chi connectivity index (χ4n) is 2.68. The van der Waals surface area contributed by atoms with Crippen LogP contribution in [0, 0.1) is 0 Å². The molecule has 140 valence electrons. The number of nitrogens with two attached hydrogens (primary N) is 1. The molecule has 2 atom stereocenters. The molecular formula is C19H26BClN2O3. The first-order valence-electron chi connectivity index (χ1n) is 8.53. The maximum Gasteiger partial charge on any atom is 0.456 e. The Morgan fingerprint density at radius 1 is 1.00 bits per heavy atom. The van der Waals surface area contributed by atoms with Gasteiger partial charge in [-0.05, 0) is 30.4 Å². The Labute approximate surface area is 161 Å². The molecule has 0 aliphatic rings. The third kappa shape index (κ3) is 7.58. The lowest BCUT2D eigenvalue weighted by molar-refractivity contribution is -0.122. The highest BCUT2D eigenvalue weighted by atomic mass is 35.5. The Bertz CT molecular complexity index is 644.